The molecule has 1 atom stereocenters. The molecule has 1 heterocycles. The van der Waals surface area contributed by atoms with Crippen LogP contribution < -0.4 is 0 Å². The van der Waals surface area contributed by atoms with Crippen LogP contribution in [0.25, 0.3) is 0 Å². The molecule has 1 aliphatic heterocycles. The van der Waals surface area contributed by atoms with Crippen molar-refractivity contribution in [3.05, 3.63) is 0 Å². The van der Waals surface area contributed by atoms with Gasteiger partial charge in [-0.05, 0) is 31.9 Å². The summed E-state index contributed by atoms with van der Waals surface area (Å²) in [6.07, 6.45) is 6.35. The third-order valence-electron chi connectivity index (χ3n) is 1.65. The molecule has 1 N–H and O–H groups in total. The molecule has 0 aromatic heterocycles. The molecular weight excluding hydrogens is 114 g/mol. The van der Waals surface area contributed by atoms with E-state index in [2.05, 4.69) is 4.99 Å². The minimum absolute atomic E-state index is 0.280. The van der Waals surface area contributed by atoms with Crippen molar-refractivity contribution in [3.63, 3.8) is 0 Å². The lowest BCUT2D eigenvalue weighted by Gasteiger charge is -2.13. The second-order valence-electron chi connectivity index (χ2n) is 2.43. The van der Waals surface area contributed by atoms with Gasteiger partial charge in [-0.25, -0.2) is 0 Å². The molecule has 0 radical (unpaired) electrons. The molecule has 0 saturated heterocycles. The molecule has 0 spiro atoms. The van der Waals surface area contributed by atoms with E-state index in [-0.39, 0.29) is 6.61 Å². The van der Waals surface area contributed by atoms with Crippen LogP contribution in [0.3, 0.4) is 0 Å². The third kappa shape index (κ3) is 2.14. The summed E-state index contributed by atoms with van der Waals surface area (Å²) in [5.41, 5.74) is 0. The third-order valence-corrected chi connectivity index (χ3v) is 1.65. The van der Waals surface area contributed by atoms with E-state index in [4.69, 9.17) is 5.11 Å². The molecule has 1 aliphatic rings. The zero-order valence-corrected chi connectivity index (χ0v) is 5.58. The summed E-state index contributed by atoms with van der Waals surface area (Å²) in [5.74, 6) is 0. The van der Waals surface area contributed by atoms with Crippen LogP contribution in [-0.2, 0) is 0 Å². The van der Waals surface area contributed by atoms with Crippen molar-refractivity contribution in [3.8, 4) is 0 Å². The maximum absolute atomic E-state index is 8.54. The zero-order chi connectivity index (χ0) is 6.53. The van der Waals surface area contributed by atoms with Crippen molar-refractivity contribution in [2.24, 2.45) is 4.99 Å². The lowest BCUT2D eigenvalue weighted by Crippen LogP contribution is -2.10. The topological polar surface area (TPSA) is 32.6 Å². The Hall–Kier alpha value is -0.370. The first-order valence-electron chi connectivity index (χ1n) is 3.56. The van der Waals surface area contributed by atoms with Crippen LogP contribution in [0.15, 0.2) is 4.99 Å². The predicted molar refractivity (Wildman–Crippen MR) is 37.8 cm³/mol. The van der Waals surface area contributed by atoms with Gasteiger partial charge in [0.25, 0.3) is 0 Å². The molecule has 0 amide bonds. The van der Waals surface area contributed by atoms with Crippen LogP contribution in [0.1, 0.15) is 25.7 Å². The van der Waals surface area contributed by atoms with Crippen LogP contribution in [0.4, 0.5) is 0 Å². The Labute approximate surface area is 55.6 Å². The van der Waals surface area contributed by atoms with Gasteiger partial charge < -0.3 is 5.11 Å². The van der Waals surface area contributed by atoms with E-state index < -0.39 is 0 Å². The van der Waals surface area contributed by atoms with E-state index in [9.17, 15) is 0 Å². The Morgan fingerprint density at radius 1 is 1.67 bits per heavy atom. The molecule has 52 valence electrons. The molecule has 2 nitrogen and oxygen atoms in total. The second kappa shape index (κ2) is 3.62. The van der Waals surface area contributed by atoms with Crippen molar-refractivity contribution in [2.45, 2.75) is 31.7 Å². The number of rotatable bonds is 2. The first kappa shape index (κ1) is 6.75. The van der Waals surface area contributed by atoms with Gasteiger partial charge in [-0.2, -0.15) is 0 Å². The highest BCUT2D eigenvalue weighted by Crippen LogP contribution is 2.11. The predicted octanol–water partition coefficient (Wildman–Crippen LogP) is 0.992. The lowest BCUT2D eigenvalue weighted by atomic mass is 10.1. The summed E-state index contributed by atoms with van der Waals surface area (Å²) in [5, 5.41) is 8.54. The van der Waals surface area contributed by atoms with Crippen molar-refractivity contribution < 1.29 is 5.11 Å². The van der Waals surface area contributed by atoms with Gasteiger partial charge in [0.2, 0.25) is 0 Å². The monoisotopic (exact) mass is 127 g/mol. The fraction of sp³-hybridized carbons (Fsp3) is 0.857. The van der Waals surface area contributed by atoms with Crippen LogP contribution in [-0.4, -0.2) is 24.0 Å². The minimum Gasteiger partial charge on any atom is -0.396 e. The summed E-state index contributed by atoms with van der Waals surface area (Å²) in [6, 6.07) is 0.420. The molecular formula is C7H13NO. The number of aliphatic hydroxyl groups excluding tert-OH is 1. The largest absolute Gasteiger partial charge is 0.396 e. The van der Waals surface area contributed by atoms with E-state index in [1.807, 2.05) is 6.21 Å². The molecule has 2 heteroatoms. The van der Waals surface area contributed by atoms with E-state index in [0.29, 0.717) is 6.04 Å². The second-order valence-corrected chi connectivity index (χ2v) is 2.43. The number of hydrogen-bond donors (Lipinski definition) is 1. The molecule has 0 aliphatic carbocycles. The molecule has 9 heavy (non-hydrogen) atoms. The Balaban J connectivity index is 2.23. The van der Waals surface area contributed by atoms with Gasteiger partial charge in [-0.3, -0.25) is 4.99 Å². The SMILES string of the molecule is OCCC1CCCC=N1. The van der Waals surface area contributed by atoms with Crippen LogP contribution >= 0.6 is 0 Å². The summed E-state index contributed by atoms with van der Waals surface area (Å²) in [6.45, 7) is 0.280. The van der Waals surface area contributed by atoms with Gasteiger partial charge in [0.05, 0.1) is 6.04 Å². The number of aliphatic imine (C=N–C) groups is 1. The molecule has 0 bridgehead atoms. The summed E-state index contributed by atoms with van der Waals surface area (Å²) < 4.78 is 0. The van der Waals surface area contributed by atoms with Crippen LogP contribution in [0.5, 0.6) is 0 Å². The maximum Gasteiger partial charge on any atom is 0.0517 e. The molecule has 1 rings (SSSR count). The number of nitrogens with zero attached hydrogens (tertiary/aromatic N) is 1. The van der Waals surface area contributed by atoms with Gasteiger partial charge in [-0.15, -0.1) is 0 Å². The Kier molecular flexibility index (Phi) is 2.71. The fourth-order valence-electron chi connectivity index (χ4n) is 1.11. The Morgan fingerprint density at radius 3 is 3.11 bits per heavy atom. The molecule has 0 aromatic carbocycles. The average molecular weight is 127 g/mol. The van der Waals surface area contributed by atoms with Crippen molar-refractivity contribution in [2.75, 3.05) is 6.61 Å². The van der Waals surface area contributed by atoms with E-state index >= 15 is 0 Å². The lowest BCUT2D eigenvalue weighted by molar-refractivity contribution is 0.272. The summed E-state index contributed by atoms with van der Waals surface area (Å²) in [7, 11) is 0. The molecule has 1 unspecified atom stereocenters. The van der Waals surface area contributed by atoms with Gasteiger partial charge in [0.15, 0.2) is 0 Å². The minimum atomic E-state index is 0.280. The van der Waals surface area contributed by atoms with Gasteiger partial charge in [-0.1, -0.05) is 0 Å². The number of aliphatic hydroxyl groups is 1. The average Bonchev–Trinajstić information content (AvgIpc) is 1.91. The fourth-order valence-corrected chi connectivity index (χ4v) is 1.11. The highest BCUT2D eigenvalue weighted by Gasteiger charge is 2.07. The maximum atomic E-state index is 8.54. The van der Waals surface area contributed by atoms with Crippen LogP contribution in [0.2, 0.25) is 0 Å². The number of hydrogen-bond acceptors (Lipinski definition) is 2. The van der Waals surface area contributed by atoms with Crippen molar-refractivity contribution >= 4 is 6.21 Å². The zero-order valence-electron chi connectivity index (χ0n) is 5.58. The molecule has 0 fully saturated rings. The van der Waals surface area contributed by atoms with Gasteiger partial charge in [0.1, 0.15) is 0 Å². The first-order valence-corrected chi connectivity index (χ1v) is 3.56. The van der Waals surface area contributed by atoms with Gasteiger partial charge >= 0.3 is 0 Å². The Morgan fingerprint density at radius 2 is 2.56 bits per heavy atom. The Bertz CT molecular complexity index is 101. The smallest absolute Gasteiger partial charge is 0.0517 e. The highest BCUT2D eigenvalue weighted by atomic mass is 16.3. The van der Waals surface area contributed by atoms with Crippen molar-refractivity contribution in [1.82, 2.24) is 0 Å². The highest BCUT2D eigenvalue weighted by molar-refractivity contribution is 5.58. The standard InChI is InChI=1S/C7H13NO/c9-6-4-7-3-1-2-5-8-7/h5,7,9H,1-4,6H2. The van der Waals surface area contributed by atoms with E-state index in [1.165, 1.54) is 6.42 Å². The quantitative estimate of drug-likeness (QED) is 0.589. The molecule has 0 aromatic rings. The normalized spacial score (nSPS) is 26.6. The first-order chi connectivity index (χ1) is 4.43. The molecule has 0 saturated carbocycles. The summed E-state index contributed by atoms with van der Waals surface area (Å²) in [4.78, 5) is 4.23. The van der Waals surface area contributed by atoms with Gasteiger partial charge in [0, 0.05) is 6.61 Å². The summed E-state index contributed by atoms with van der Waals surface area (Å²) >= 11 is 0. The van der Waals surface area contributed by atoms with Crippen LogP contribution in [0, 0.1) is 0 Å². The van der Waals surface area contributed by atoms with Crippen molar-refractivity contribution in [1.29, 1.82) is 0 Å². The van der Waals surface area contributed by atoms with E-state index in [1.54, 1.807) is 0 Å². The van der Waals surface area contributed by atoms with E-state index in [0.717, 1.165) is 19.3 Å².